The molecule has 3 aromatic carbocycles. The molecule has 146 valence electrons. The molecule has 0 aliphatic rings. The summed E-state index contributed by atoms with van der Waals surface area (Å²) in [6.45, 7) is 0.540. The van der Waals surface area contributed by atoms with Gasteiger partial charge in [0.05, 0.1) is 4.92 Å². The van der Waals surface area contributed by atoms with Crippen molar-refractivity contribution in [2.24, 2.45) is 0 Å². The molecule has 5 nitrogen and oxygen atoms in total. The minimum Gasteiger partial charge on any atom is -0.353 e. The molecule has 0 saturated heterocycles. The van der Waals surface area contributed by atoms with Crippen LogP contribution in [0, 0.1) is 10.1 Å². The average molecular weight is 386 g/mol. The van der Waals surface area contributed by atoms with E-state index in [4.69, 9.17) is 0 Å². The van der Waals surface area contributed by atoms with Crippen molar-refractivity contribution < 1.29 is 9.72 Å². The predicted octanol–water partition coefficient (Wildman–Crippen LogP) is 4.95. The number of nitro groups is 1. The molecule has 0 unspecified atom stereocenters. The molecule has 0 spiro atoms. The van der Waals surface area contributed by atoms with Gasteiger partial charge in [-0.1, -0.05) is 60.7 Å². The Kier molecular flexibility index (Phi) is 6.90. The molecule has 1 N–H and O–H groups in total. The molecule has 0 radical (unpaired) electrons. The second-order valence-electron chi connectivity index (χ2n) is 6.64. The van der Waals surface area contributed by atoms with Crippen molar-refractivity contribution in [2.45, 2.75) is 12.3 Å². The van der Waals surface area contributed by atoms with E-state index in [1.807, 2.05) is 36.4 Å². The van der Waals surface area contributed by atoms with Gasteiger partial charge in [-0.15, -0.1) is 0 Å². The number of carbonyl (C=O) groups is 1. The molecule has 0 fully saturated rings. The summed E-state index contributed by atoms with van der Waals surface area (Å²) < 4.78 is 0. The van der Waals surface area contributed by atoms with Gasteiger partial charge in [0, 0.05) is 30.7 Å². The molecular weight excluding hydrogens is 364 g/mol. The fraction of sp³-hybridized carbons (Fsp3) is 0.125. The number of rotatable bonds is 8. The number of nitrogens with one attached hydrogen (secondary N) is 1. The van der Waals surface area contributed by atoms with Crippen LogP contribution in [0.4, 0.5) is 5.69 Å². The van der Waals surface area contributed by atoms with Crippen LogP contribution in [-0.4, -0.2) is 17.4 Å². The molecule has 3 aromatic rings. The van der Waals surface area contributed by atoms with E-state index in [1.165, 1.54) is 29.3 Å². The topological polar surface area (TPSA) is 72.2 Å². The molecule has 0 atom stereocenters. The highest BCUT2D eigenvalue weighted by atomic mass is 16.6. The van der Waals surface area contributed by atoms with E-state index in [-0.39, 0.29) is 17.5 Å². The Hall–Kier alpha value is -3.73. The lowest BCUT2D eigenvalue weighted by molar-refractivity contribution is -0.384. The van der Waals surface area contributed by atoms with Gasteiger partial charge in [0.2, 0.25) is 5.91 Å². The molecule has 29 heavy (non-hydrogen) atoms. The van der Waals surface area contributed by atoms with Crippen LogP contribution < -0.4 is 5.32 Å². The largest absolute Gasteiger partial charge is 0.353 e. The van der Waals surface area contributed by atoms with Gasteiger partial charge in [-0.25, -0.2) is 0 Å². The lowest BCUT2D eigenvalue weighted by Gasteiger charge is -2.18. The highest BCUT2D eigenvalue weighted by Crippen LogP contribution is 2.27. The van der Waals surface area contributed by atoms with Crippen molar-refractivity contribution in [3.63, 3.8) is 0 Å². The average Bonchev–Trinajstić information content (AvgIpc) is 2.77. The van der Waals surface area contributed by atoms with E-state index in [0.29, 0.717) is 6.54 Å². The van der Waals surface area contributed by atoms with Crippen LogP contribution in [0.15, 0.2) is 91.0 Å². The Bertz CT molecular complexity index is 929. The van der Waals surface area contributed by atoms with Gasteiger partial charge < -0.3 is 5.32 Å². The van der Waals surface area contributed by atoms with Crippen molar-refractivity contribution in [3.8, 4) is 0 Å². The van der Waals surface area contributed by atoms with E-state index in [9.17, 15) is 14.9 Å². The Balaban J connectivity index is 1.58. The number of hydrogen-bond acceptors (Lipinski definition) is 3. The van der Waals surface area contributed by atoms with Gasteiger partial charge in [-0.05, 0) is 41.3 Å². The number of amides is 1. The van der Waals surface area contributed by atoms with Crippen molar-refractivity contribution in [3.05, 3.63) is 118 Å². The second-order valence-corrected chi connectivity index (χ2v) is 6.64. The number of nitro benzene ring substituents is 1. The van der Waals surface area contributed by atoms with E-state index in [1.54, 1.807) is 18.2 Å². The van der Waals surface area contributed by atoms with Crippen molar-refractivity contribution in [1.29, 1.82) is 0 Å². The lowest BCUT2D eigenvalue weighted by atomic mass is 9.88. The summed E-state index contributed by atoms with van der Waals surface area (Å²) in [5.41, 5.74) is 3.19. The van der Waals surface area contributed by atoms with Crippen LogP contribution in [0.25, 0.3) is 6.08 Å². The van der Waals surface area contributed by atoms with E-state index >= 15 is 0 Å². The quantitative estimate of drug-likeness (QED) is 0.338. The maximum absolute atomic E-state index is 12.1. The third kappa shape index (κ3) is 5.87. The maximum Gasteiger partial charge on any atom is 0.269 e. The monoisotopic (exact) mass is 386 g/mol. The van der Waals surface area contributed by atoms with Crippen molar-refractivity contribution in [1.82, 2.24) is 5.32 Å². The first-order chi connectivity index (χ1) is 14.1. The van der Waals surface area contributed by atoms with Crippen molar-refractivity contribution >= 4 is 17.7 Å². The van der Waals surface area contributed by atoms with Gasteiger partial charge in [-0.3, -0.25) is 14.9 Å². The first kappa shape index (κ1) is 20.0. The molecule has 0 heterocycles. The number of nitrogens with zero attached hydrogens (tertiary/aromatic N) is 1. The summed E-state index contributed by atoms with van der Waals surface area (Å²) >= 11 is 0. The minimum absolute atomic E-state index is 0.0273. The summed E-state index contributed by atoms with van der Waals surface area (Å²) in [6.07, 6.45) is 3.87. The highest BCUT2D eigenvalue weighted by molar-refractivity contribution is 5.91. The lowest BCUT2D eigenvalue weighted by Crippen LogP contribution is -2.23. The van der Waals surface area contributed by atoms with E-state index in [0.717, 1.165) is 12.0 Å². The summed E-state index contributed by atoms with van der Waals surface area (Å²) in [7, 11) is 0. The second kappa shape index (κ2) is 9.99. The van der Waals surface area contributed by atoms with Gasteiger partial charge in [0.1, 0.15) is 0 Å². The Morgan fingerprint density at radius 3 is 1.97 bits per heavy atom. The molecule has 0 aliphatic carbocycles. The first-order valence-corrected chi connectivity index (χ1v) is 9.44. The summed E-state index contributed by atoms with van der Waals surface area (Å²) in [5, 5.41) is 13.6. The van der Waals surface area contributed by atoms with Crippen molar-refractivity contribution in [2.75, 3.05) is 6.54 Å². The molecule has 5 heteroatoms. The van der Waals surface area contributed by atoms with Gasteiger partial charge in [-0.2, -0.15) is 0 Å². The fourth-order valence-electron chi connectivity index (χ4n) is 3.17. The molecule has 0 saturated carbocycles. The Morgan fingerprint density at radius 2 is 1.45 bits per heavy atom. The predicted molar refractivity (Wildman–Crippen MR) is 114 cm³/mol. The standard InChI is InChI=1S/C24H22N2O3/c27-24(16-13-19-11-14-22(15-12-19)26(28)29)25-18-17-23(20-7-3-1-4-8-20)21-9-5-2-6-10-21/h1-16,23H,17-18H2,(H,25,27)/b16-13+. The molecule has 3 rings (SSSR count). The fourth-order valence-corrected chi connectivity index (χ4v) is 3.17. The third-order valence-corrected chi connectivity index (χ3v) is 4.67. The van der Waals surface area contributed by atoms with Crippen LogP contribution in [-0.2, 0) is 4.79 Å². The van der Waals surface area contributed by atoms with Crippen LogP contribution in [0.2, 0.25) is 0 Å². The molecular formula is C24H22N2O3. The Labute approximate surface area is 169 Å². The zero-order valence-electron chi connectivity index (χ0n) is 15.9. The normalized spacial score (nSPS) is 10.9. The third-order valence-electron chi connectivity index (χ3n) is 4.67. The van der Waals surface area contributed by atoms with Gasteiger partial charge in [0.25, 0.3) is 5.69 Å². The molecule has 0 aliphatic heterocycles. The first-order valence-electron chi connectivity index (χ1n) is 9.44. The number of benzene rings is 3. The van der Waals surface area contributed by atoms with Crippen LogP contribution in [0.5, 0.6) is 0 Å². The van der Waals surface area contributed by atoms with Crippen LogP contribution in [0.3, 0.4) is 0 Å². The highest BCUT2D eigenvalue weighted by Gasteiger charge is 2.13. The van der Waals surface area contributed by atoms with E-state index in [2.05, 4.69) is 29.6 Å². The molecule has 0 bridgehead atoms. The smallest absolute Gasteiger partial charge is 0.269 e. The zero-order chi connectivity index (χ0) is 20.5. The minimum atomic E-state index is -0.448. The number of non-ortho nitro benzene ring substituents is 1. The number of hydrogen-bond donors (Lipinski definition) is 1. The summed E-state index contributed by atoms with van der Waals surface area (Å²) in [6, 6.07) is 26.6. The van der Waals surface area contributed by atoms with Crippen LogP contribution >= 0.6 is 0 Å². The number of carbonyl (C=O) groups excluding carboxylic acids is 1. The van der Waals surface area contributed by atoms with Gasteiger partial charge >= 0.3 is 0 Å². The zero-order valence-corrected chi connectivity index (χ0v) is 15.9. The van der Waals surface area contributed by atoms with Gasteiger partial charge in [0.15, 0.2) is 0 Å². The SMILES string of the molecule is O=C(/C=C/c1ccc([N+](=O)[O-])cc1)NCCC(c1ccccc1)c1ccccc1. The Morgan fingerprint density at radius 1 is 0.897 bits per heavy atom. The van der Waals surface area contributed by atoms with Crippen LogP contribution in [0.1, 0.15) is 29.0 Å². The molecule has 1 amide bonds. The summed E-state index contributed by atoms with van der Waals surface area (Å²) in [4.78, 5) is 22.4. The summed E-state index contributed by atoms with van der Waals surface area (Å²) in [5.74, 6) is 0.0135. The molecule has 0 aromatic heterocycles. The van der Waals surface area contributed by atoms with E-state index < -0.39 is 4.92 Å². The maximum atomic E-state index is 12.1.